The maximum absolute atomic E-state index is 13.6. The van der Waals surface area contributed by atoms with Crippen molar-refractivity contribution in [2.75, 3.05) is 45.1 Å². The minimum atomic E-state index is -4.38. The van der Waals surface area contributed by atoms with Crippen LogP contribution in [0.5, 0.6) is 23.1 Å². The Morgan fingerprint density at radius 2 is 1.77 bits per heavy atom. The normalized spacial score (nSPS) is 11.0. The van der Waals surface area contributed by atoms with E-state index < -0.39 is 28.1 Å². The number of sulfonamides is 1. The van der Waals surface area contributed by atoms with Gasteiger partial charge >= 0.3 is 6.16 Å². The smallest absolute Gasteiger partial charge is 0.493 e. The number of benzene rings is 1. The first-order valence-electron chi connectivity index (χ1n) is 14.8. The molecule has 0 radical (unpaired) electrons. The summed E-state index contributed by atoms with van der Waals surface area (Å²) in [5.74, 6) is -0.369. The molecule has 22 nitrogen and oxygen atoms in total. The Morgan fingerprint density at radius 1 is 0.981 bits per heavy atom. The van der Waals surface area contributed by atoms with Gasteiger partial charge in [0, 0.05) is 18.0 Å². The van der Waals surface area contributed by atoms with Crippen molar-refractivity contribution < 1.29 is 51.6 Å². The molecule has 0 aliphatic heterocycles. The van der Waals surface area contributed by atoms with E-state index in [1.165, 1.54) is 31.6 Å². The van der Waals surface area contributed by atoms with Crippen molar-refractivity contribution in [3.8, 4) is 46.0 Å². The fourth-order valence-corrected chi connectivity index (χ4v) is 4.95. The molecule has 1 aromatic carbocycles. The summed E-state index contributed by atoms with van der Waals surface area (Å²) in [6, 6.07) is 12.5. The highest BCUT2D eigenvalue weighted by Gasteiger charge is 2.26. The summed E-state index contributed by atoms with van der Waals surface area (Å²) in [5, 5.41) is 22.5. The van der Waals surface area contributed by atoms with Crippen LogP contribution in [-0.4, -0.2) is 101 Å². The van der Waals surface area contributed by atoms with Crippen LogP contribution in [0.2, 0.25) is 0 Å². The fraction of sp³-hybridized carbons (Fsp3) is 0.241. The van der Waals surface area contributed by atoms with E-state index >= 15 is 0 Å². The Labute approximate surface area is 293 Å². The number of para-hydroxylation sites is 2. The molecule has 23 heteroatoms. The first kappa shape index (κ1) is 36.5. The largest absolute Gasteiger partial charge is 0.508 e. The molecule has 5 rings (SSSR count). The van der Waals surface area contributed by atoms with E-state index in [2.05, 4.69) is 50.1 Å². The summed E-state index contributed by atoms with van der Waals surface area (Å²) in [6.45, 7) is -0.0852. The fourth-order valence-electron chi connectivity index (χ4n) is 4.01. The zero-order valence-electron chi connectivity index (χ0n) is 27.2. The Bertz CT molecular complexity index is 2090. The van der Waals surface area contributed by atoms with E-state index in [0.717, 1.165) is 5.56 Å². The number of pyridine rings is 2. The molecule has 0 atom stereocenters. The second kappa shape index (κ2) is 17.3. The van der Waals surface area contributed by atoms with Gasteiger partial charge in [0.2, 0.25) is 11.6 Å². The molecule has 0 fully saturated rings. The lowest BCUT2D eigenvalue weighted by Crippen LogP contribution is -2.18. The number of aromatic amines is 1. The van der Waals surface area contributed by atoms with Gasteiger partial charge in [-0.1, -0.05) is 18.2 Å². The van der Waals surface area contributed by atoms with E-state index in [1.807, 2.05) is 0 Å². The molecule has 0 amide bonds. The van der Waals surface area contributed by atoms with E-state index in [-0.39, 0.29) is 72.0 Å². The zero-order valence-corrected chi connectivity index (χ0v) is 28.0. The van der Waals surface area contributed by atoms with E-state index in [1.54, 1.807) is 43.3 Å². The van der Waals surface area contributed by atoms with Gasteiger partial charge in [0.05, 0.1) is 13.7 Å². The van der Waals surface area contributed by atoms with Gasteiger partial charge in [-0.3, -0.25) is 14.5 Å². The number of ether oxygens (including phenoxy) is 6. The highest BCUT2D eigenvalue weighted by atomic mass is 32.2. The van der Waals surface area contributed by atoms with Crippen molar-refractivity contribution in [1.82, 2.24) is 40.6 Å². The van der Waals surface area contributed by atoms with Crippen LogP contribution >= 0.6 is 0 Å². The number of methoxy groups -OCH3 is 1. The van der Waals surface area contributed by atoms with E-state index in [9.17, 15) is 23.3 Å². The Balaban J connectivity index is 1.47. The van der Waals surface area contributed by atoms with Gasteiger partial charge in [-0.25, -0.2) is 14.8 Å². The molecule has 0 aliphatic rings. The van der Waals surface area contributed by atoms with Gasteiger partial charge in [0.1, 0.15) is 25.5 Å². The molecule has 0 unspecified atom stereocenters. The molecule has 0 bridgehead atoms. The molecule has 2 N–H and O–H groups in total. The highest BCUT2D eigenvalue weighted by Crippen LogP contribution is 2.41. The van der Waals surface area contributed by atoms with Crippen LogP contribution in [0.4, 0.5) is 10.6 Å². The van der Waals surface area contributed by atoms with Crippen molar-refractivity contribution in [2.45, 2.75) is 11.9 Å². The van der Waals surface area contributed by atoms with Crippen molar-refractivity contribution >= 4 is 22.0 Å². The molecule has 0 saturated heterocycles. The maximum Gasteiger partial charge on any atom is 0.508 e. The highest BCUT2D eigenvalue weighted by molar-refractivity contribution is 7.92. The molecular formula is C29H28N10O12S. The first-order chi connectivity index (χ1) is 25.1. The average Bonchev–Trinajstić information content (AvgIpc) is 3.68. The van der Waals surface area contributed by atoms with Gasteiger partial charge in [-0.2, -0.15) is 18.6 Å². The van der Waals surface area contributed by atoms with Gasteiger partial charge in [-0.05, 0) is 48.0 Å². The SMILES string of the molecule is COc1ccccc1Oc1c(NS(=O)(=O)c2ccc(C)cn2)nc(-c2ccnc(-c3nn[nH]n3)c2)nc1OCCOC(=O)OCCOCO[N+](=O)[O-]. The third-order valence-electron chi connectivity index (χ3n) is 6.33. The lowest BCUT2D eigenvalue weighted by Gasteiger charge is -2.18. The minimum absolute atomic E-state index is 0.0505. The second-order valence-corrected chi connectivity index (χ2v) is 11.5. The summed E-state index contributed by atoms with van der Waals surface area (Å²) in [7, 11) is -2.96. The second-order valence-electron chi connectivity index (χ2n) is 9.90. The van der Waals surface area contributed by atoms with E-state index in [4.69, 9.17) is 28.4 Å². The molecule has 0 spiro atoms. The predicted molar refractivity (Wildman–Crippen MR) is 173 cm³/mol. The molecule has 4 aromatic heterocycles. The molecule has 52 heavy (non-hydrogen) atoms. The third-order valence-corrected chi connectivity index (χ3v) is 7.58. The monoisotopic (exact) mass is 740 g/mol. The maximum atomic E-state index is 13.6. The third kappa shape index (κ3) is 9.91. The number of anilines is 1. The number of carbonyl (C=O) groups is 1. The van der Waals surface area contributed by atoms with Crippen LogP contribution < -0.4 is 18.9 Å². The summed E-state index contributed by atoms with van der Waals surface area (Å²) in [5.41, 5.74) is 1.36. The molecular weight excluding hydrogens is 712 g/mol. The Morgan fingerprint density at radius 3 is 2.48 bits per heavy atom. The number of tetrazole rings is 1. The van der Waals surface area contributed by atoms with Crippen LogP contribution in [0.1, 0.15) is 5.56 Å². The van der Waals surface area contributed by atoms with Gasteiger partial charge in [0.25, 0.3) is 21.0 Å². The van der Waals surface area contributed by atoms with Crippen molar-refractivity contribution in [3.63, 3.8) is 0 Å². The number of carbonyl (C=O) groups excluding carboxylic acids is 1. The lowest BCUT2D eigenvalue weighted by atomic mass is 10.2. The lowest BCUT2D eigenvalue weighted by molar-refractivity contribution is -0.767. The summed E-state index contributed by atoms with van der Waals surface area (Å²) < 4.78 is 61.7. The average molecular weight is 741 g/mol. The van der Waals surface area contributed by atoms with Gasteiger partial charge in [-0.15, -0.1) is 20.3 Å². The number of hydrogen-bond acceptors (Lipinski definition) is 19. The Hall–Kier alpha value is -6.75. The van der Waals surface area contributed by atoms with Crippen LogP contribution in [0.15, 0.2) is 66.0 Å². The summed E-state index contributed by atoms with van der Waals surface area (Å²) >= 11 is 0. The predicted octanol–water partition coefficient (Wildman–Crippen LogP) is 2.74. The molecule has 4 heterocycles. The topological polar surface area (TPSA) is 277 Å². The van der Waals surface area contributed by atoms with Crippen molar-refractivity contribution in [3.05, 3.63) is 76.6 Å². The quantitative estimate of drug-likeness (QED) is 0.0429. The number of rotatable bonds is 18. The van der Waals surface area contributed by atoms with Crippen LogP contribution in [0.25, 0.3) is 22.9 Å². The number of nitrogens with zero attached hydrogens (tertiary/aromatic N) is 8. The molecule has 272 valence electrons. The number of nitrogens with one attached hydrogen (secondary N) is 2. The van der Waals surface area contributed by atoms with Crippen LogP contribution in [0, 0.1) is 17.0 Å². The number of H-pyrrole nitrogens is 1. The van der Waals surface area contributed by atoms with Crippen LogP contribution in [-0.2, 0) is 29.1 Å². The first-order valence-corrected chi connectivity index (χ1v) is 16.3. The zero-order chi connectivity index (χ0) is 36.9. The summed E-state index contributed by atoms with van der Waals surface area (Å²) in [6.07, 6.45) is 1.73. The minimum Gasteiger partial charge on any atom is -0.493 e. The van der Waals surface area contributed by atoms with E-state index in [0.29, 0.717) is 11.3 Å². The summed E-state index contributed by atoms with van der Waals surface area (Å²) in [4.78, 5) is 43.5. The van der Waals surface area contributed by atoms with Gasteiger partial charge in [0.15, 0.2) is 35.0 Å². The van der Waals surface area contributed by atoms with Crippen molar-refractivity contribution in [1.29, 1.82) is 0 Å². The van der Waals surface area contributed by atoms with Gasteiger partial charge < -0.3 is 28.4 Å². The molecule has 0 saturated carbocycles. The molecule has 5 aromatic rings. The molecule has 0 aliphatic carbocycles. The Kier molecular flexibility index (Phi) is 12.1. The van der Waals surface area contributed by atoms with Crippen LogP contribution in [0.3, 0.4) is 0 Å². The number of aryl methyl sites for hydroxylation is 1. The number of hydrogen-bond donors (Lipinski definition) is 2. The standard InChI is InChI=1S/C29H28N10O12S/c1-18-7-8-23(31-16-18)52(43,44)36-27-24(51-22-6-4-3-5-21(22)45-2)28(47-13-14-49-29(40)48-12-11-46-17-50-39(41)42)33-25(32-27)19-9-10-30-20(15-19)26-34-37-38-35-26/h3-10,15-16H,11-14,17H2,1-2H3,(H,32,33,36)(H,34,35,37,38). The number of aromatic nitrogens is 8. The van der Waals surface area contributed by atoms with Crippen molar-refractivity contribution in [2.24, 2.45) is 0 Å².